The summed E-state index contributed by atoms with van der Waals surface area (Å²) in [7, 11) is 3.25. The first-order valence-electron chi connectivity index (χ1n) is 12.3. The summed E-state index contributed by atoms with van der Waals surface area (Å²) in [4.78, 5) is 29.4. The number of nitrogens with one attached hydrogen (secondary N) is 1. The summed E-state index contributed by atoms with van der Waals surface area (Å²) in [5.74, 6) is 1.26. The zero-order valence-corrected chi connectivity index (χ0v) is 21.5. The highest BCUT2D eigenvalue weighted by Gasteiger charge is 2.48. The third kappa shape index (κ3) is 4.29. The van der Waals surface area contributed by atoms with E-state index in [1.807, 2.05) is 47.2 Å². The molecule has 0 spiro atoms. The van der Waals surface area contributed by atoms with Crippen molar-refractivity contribution in [2.45, 2.75) is 63.6 Å². The fraction of sp³-hybridized carbons (Fsp3) is 0.481. The summed E-state index contributed by atoms with van der Waals surface area (Å²) in [5.41, 5.74) is 1.65. The number of hydrogen-bond donors (Lipinski definition) is 1. The molecular weight excluding hydrogens is 462 g/mol. The Morgan fingerprint density at radius 2 is 1.94 bits per heavy atom. The van der Waals surface area contributed by atoms with Crippen molar-refractivity contribution in [2.24, 2.45) is 0 Å². The van der Waals surface area contributed by atoms with Crippen molar-refractivity contribution in [2.75, 3.05) is 20.8 Å². The molecule has 2 aromatic heterocycles. The highest BCUT2D eigenvalue weighted by molar-refractivity contribution is 7.17. The molecule has 1 saturated carbocycles. The Morgan fingerprint density at radius 3 is 2.69 bits per heavy atom. The molecule has 0 saturated heterocycles. The number of ether oxygens (including phenoxy) is 2. The molecule has 2 amide bonds. The predicted octanol–water partition coefficient (Wildman–Crippen LogP) is 4.63. The van der Waals surface area contributed by atoms with Gasteiger partial charge in [0.1, 0.15) is 22.7 Å². The van der Waals surface area contributed by atoms with E-state index >= 15 is 0 Å². The highest BCUT2D eigenvalue weighted by Crippen LogP contribution is 2.35. The van der Waals surface area contributed by atoms with Crippen LogP contribution in [-0.4, -0.2) is 53.6 Å². The van der Waals surface area contributed by atoms with Crippen molar-refractivity contribution in [3.05, 3.63) is 47.0 Å². The Balaban J connectivity index is 1.46. The smallest absolute Gasteiger partial charge is 0.271 e. The van der Waals surface area contributed by atoms with Gasteiger partial charge in [-0.1, -0.05) is 25.3 Å². The van der Waals surface area contributed by atoms with Gasteiger partial charge in [-0.25, -0.2) is 0 Å². The molecule has 3 heterocycles. The lowest BCUT2D eigenvalue weighted by Gasteiger charge is -2.45. The molecule has 7 nitrogen and oxygen atoms in total. The van der Waals surface area contributed by atoms with Gasteiger partial charge >= 0.3 is 0 Å². The van der Waals surface area contributed by atoms with Gasteiger partial charge in [-0.05, 0) is 55.3 Å². The van der Waals surface area contributed by atoms with Crippen LogP contribution in [0.2, 0.25) is 0 Å². The number of fused-ring (bicyclic) bond motifs is 3. The summed E-state index contributed by atoms with van der Waals surface area (Å²) in [6.07, 6.45) is 6.07. The molecule has 3 aromatic rings. The van der Waals surface area contributed by atoms with E-state index in [2.05, 4.69) is 5.32 Å². The second-order valence-corrected chi connectivity index (χ2v) is 10.7. The van der Waals surface area contributed by atoms with Gasteiger partial charge in [0, 0.05) is 18.7 Å². The van der Waals surface area contributed by atoms with E-state index in [0.717, 1.165) is 41.5 Å². The average molecular weight is 496 g/mol. The Labute approximate surface area is 210 Å². The average Bonchev–Trinajstić information content (AvgIpc) is 3.47. The van der Waals surface area contributed by atoms with E-state index < -0.39 is 5.54 Å². The van der Waals surface area contributed by atoms with Crippen LogP contribution in [0.1, 0.15) is 55.1 Å². The third-order valence-electron chi connectivity index (χ3n) is 7.58. The predicted molar refractivity (Wildman–Crippen MR) is 138 cm³/mol. The number of methoxy groups -OCH3 is 2. The number of carbonyl (C=O) groups is 2. The summed E-state index contributed by atoms with van der Waals surface area (Å²) < 4.78 is 14.0. The molecule has 1 atom stereocenters. The maximum absolute atomic E-state index is 13.9. The minimum atomic E-state index is -0.991. The van der Waals surface area contributed by atoms with Gasteiger partial charge in [0.05, 0.1) is 31.0 Å². The minimum absolute atomic E-state index is 0.0674. The summed E-state index contributed by atoms with van der Waals surface area (Å²) >= 11 is 1.62. The van der Waals surface area contributed by atoms with Crippen LogP contribution in [0.4, 0.5) is 0 Å². The van der Waals surface area contributed by atoms with E-state index in [0.29, 0.717) is 36.7 Å². The maximum atomic E-state index is 13.9. The third-order valence-corrected chi connectivity index (χ3v) is 8.43. The van der Waals surface area contributed by atoms with Crippen LogP contribution in [0, 0.1) is 0 Å². The number of nitrogens with zero attached hydrogens (tertiary/aromatic N) is 2. The molecule has 35 heavy (non-hydrogen) atoms. The van der Waals surface area contributed by atoms with Gasteiger partial charge in [0.2, 0.25) is 5.91 Å². The lowest BCUT2D eigenvalue weighted by Crippen LogP contribution is -2.65. The van der Waals surface area contributed by atoms with Gasteiger partial charge in [0.25, 0.3) is 5.91 Å². The molecule has 1 fully saturated rings. The molecular formula is C27H33N3O4S. The van der Waals surface area contributed by atoms with Crippen molar-refractivity contribution >= 4 is 33.4 Å². The quantitative estimate of drug-likeness (QED) is 0.519. The topological polar surface area (TPSA) is 72.8 Å². The van der Waals surface area contributed by atoms with Gasteiger partial charge in [-0.2, -0.15) is 0 Å². The number of amides is 2. The monoisotopic (exact) mass is 495 g/mol. The summed E-state index contributed by atoms with van der Waals surface area (Å²) in [6, 6.07) is 9.88. The number of hydrogen-bond acceptors (Lipinski definition) is 5. The summed E-state index contributed by atoms with van der Waals surface area (Å²) in [6.45, 7) is 2.76. The fourth-order valence-corrected chi connectivity index (χ4v) is 6.32. The number of benzene rings is 1. The van der Waals surface area contributed by atoms with Crippen LogP contribution in [0.5, 0.6) is 11.5 Å². The molecule has 186 valence electrons. The standard InChI is InChI=1S/C27H33N3O4S/c1-27(26(32)28-19-7-5-4-6-8-19)17-29-21-12-14-35-24(21)16-22(29)25(31)30(27)13-11-18-9-10-20(33-2)15-23(18)34-3/h9-10,12,14-16,19H,4-8,11,13,17H2,1-3H3,(H,28,32). The van der Waals surface area contributed by atoms with Crippen LogP contribution >= 0.6 is 11.3 Å². The molecule has 1 aliphatic carbocycles. The molecule has 1 aromatic carbocycles. The summed E-state index contributed by atoms with van der Waals surface area (Å²) in [5, 5.41) is 5.33. The first-order valence-corrected chi connectivity index (χ1v) is 13.2. The highest BCUT2D eigenvalue weighted by atomic mass is 32.1. The maximum Gasteiger partial charge on any atom is 0.271 e. The largest absolute Gasteiger partial charge is 0.497 e. The molecule has 5 rings (SSSR count). The van der Waals surface area contributed by atoms with Crippen LogP contribution < -0.4 is 14.8 Å². The molecule has 0 radical (unpaired) electrons. The van der Waals surface area contributed by atoms with Gasteiger partial charge < -0.3 is 24.3 Å². The zero-order valence-electron chi connectivity index (χ0n) is 20.6. The number of carbonyl (C=O) groups excluding carboxylic acids is 2. The first-order chi connectivity index (χ1) is 16.9. The van der Waals surface area contributed by atoms with E-state index in [4.69, 9.17) is 9.47 Å². The van der Waals surface area contributed by atoms with Crippen molar-refractivity contribution < 1.29 is 19.1 Å². The van der Waals surface area contributed by atoms with Crippen molar-refractivity contribution in [3.8, 4) is 11.5 Å². The Kier molecular flexibility index (Phi) is 6.49. The van der Waals surface area contributed by atoms with Gasteiger partial charge in [-0.3, -0.25) is 9.59 Å². The van der Waals surface area contributed by atoms with Gasteiger partial charge in [0.15, 0.2) is 0 Å². The number of aromatic nitrogens is 1. The molecule has 1 unspecified atom stereocenters. The van der Waals surface area contributed by atoms with E-state index in [1.165, 1.54) is 6.42 Å². The molecule has 1 aliphatic heterocycles. The van der Waals surface area contributed by atoms with Crippen molar-refractivity contribution in [1.29, 1.82) is 0 Å². The van der Waals surface area contributed by atoms with E-state index in [1.54, 1.807) is 30.5 Å². The SMILES string of the molecule is COc1ccc(CCN2C(=O)c3cc4sccc4n3CC2(C)C(=O)NC2CCCCC2)c(OC)c1. The van der Waals surface area contributed by atoms with Crippen LogP contribution in [0.3, 0.4) is 0 Å². The normalized spacial score (nSPS) is 20.7. The van der Waals surface area contributed by atoms with E-state index in [-0.39, 0.29) is 17.9 Å². The molecule has 1 N–H and O–H groups in total. The van der Waals surface area contributed by atoms with Crippen LogP contribution in [0.25, 0.3) is 10.2 Å². The lowest BCUT2D eigenvalue weighted by atomic mass is 9.91. The van der Waals surface area contributed by atoms with E-state index in [9.17, 15) is 9.59 Å². The molecule has 8 heteroatoms. The Bertz CT molecular complexity index is 1240. The fourth-order valence-electron chi connectivity index (χ4n) is 5.50. The van der Waals surface area contributed by atoms with Gasteiger partial charge in [-0.15, -0.1) is 11.3 Å². The van der Waals surface area contributed by atoms with Crippen molar-refractivity contribution in [1.82, 2.24) is 14.8 Å². The van der Waals surface area contributed by atoms with Crippen LogP contribution in [0.15, 0.2) is 35.7 Å². The Morgan fingerprint density at radius 1 is 1.14 bits per heavy atom. The number of rotatable bonds is 7. The molecule has 0 bridgehead atoms. The minimum Gasteiger partial charge on any atom is -0.497 e. The molecule has 2 aliphatic rings. The lowest BCUT2D eigenvalue weighted by molar-refractivity contribution is -0.133. The Hall–Kier alpha value is -3.00. The second-order valence-electron chi connectivity index (χ2n) is 9.75. The van der Waals surface area contributed by atoms with Crippen LogP contribution in [-0.2, 0) is 17.8 Å². The van der Waals surface area contributed by atoms with Crippen molar-refractivity contribution in [3.63, 3.8) is 0 Å². The first kappa shape index (κ1) is 23.7. The number of thiophene rings is 1. The second kappa shape index (κ2) is 9.57. The zero-order chi connectivity index (χ0) is 24.6.